The molecule has 2 aliphatic carbocycles. The van der Waals surface area contributed by atoms with Crippen LogP contribution in [0.2, 0.25) is 0 Å². The van der Waals surface area contributed by atoms with Gasteiger partial charge in [0.25, 0.3) is 5.69 Å². The van der Waals surface area contributed by atoms with Crippen molar-refractivity contribution in [3.05, 3.63) is 62.6 Å². The number of para-hydroxylation sites is 1. The van der Waals surface area contributed by atoms with Crippen LogP contribution in [0.25, 0.3) is 0 Å². The molecule has 0 heterocycles. The minimum atomic E-state index is -1.13. The Morgan fingerprint density at radius 2 is 1.38 bits per heavy atom. The van der Waals surface area contributed by atoms with Gasteiger partial charge in [-0.25, -0.2) is 0 Å². The van der Waals surface area contributed by atoms with E-state index in [9.17, 15) is 29.9 Å². The molecular formula is C19H19NO6. The molecular weight excluding hydrogens is 338 g/mol. The Kier molecular flexibility index (Phi) is 4.88. The lowest BCUT2D eigenvalue weighted by atomic mass is 9.74. The van der Waals surface area contributed by atoms with E-state index < -0.39 is 10.8 Å². The summed E-state index contributed by atoms with van der Waals surface area (Å²) in [5.74, 6) is -2.16. The van der Waals surface area contributed by atoms with E-state index in [4.69, 9.17) is 0 Å². The van der Waals surface area contributed by atoms with Crippen LogP contribution in [0.5, 0.6) is 0 Å². The van der Waals surface area contributed by atoms with Gasteiger partial charge in [0, 0.05) is 48.5 Å². The van der Waals surface area contributed by atoms with Crippen LogP contribution in [-0.2, 0) is 9.59 Å². The van der Waals surface area contributed by atoms with Crippen molar-refractivity contribution in [2.45, 2.75) is 44.4 Å². The molecule has 136 valence electrons. The molecule has 1 aromatic carbocycles. The predicted molar refractivity (Wildman–Crippen MR) is 92.9 cm³/mol. The quantitative estimate of drug-likeness (QED) is 0.625. The van der Waals surface area contributed by atoms with Gasteiger partial charge in [0.05, 0.1) is 22.4 Å². The van der Waals surface area contributed by atoms with E-state index in [0.29, 0.717) is 12.8 Å². The second-order valence-corrected chi connectivity index (χ2v) is 6.52. The second-order valence-electron chi connectivity index (χ2n) is 6.52. The van der Waals surface area contributed by atoms with E-state index in [1.54, 1.807) is 6.07 Å². The first kappa shape index (κ1) is 17.8. The summed E-state index contributed by atoms with van der Waals surface area (Å²) in [5.41, 5.74) is -0.148. The van der Waals surface area contributed by atoms with Gasteiger partial charge in [-0.05, 0) is 12.8 Å². The number of ketones is 2. The summed E-state index contributed by atoms with van der Waals surface area (Å²) in [6.45, 7) is 0. The molecule has 0 aliphatic heterocycles. The summed E-state index contributed by atoms with van der Waals surface area (Å²) >= 11 is 0. The smallest absolute Gasteiger partial charge is 0.273 e. The molecule has 7 heteroatoms. The molecule has 3 rings (SSSR count). The lowest BCUT2D eigenvalue weighted by Crippen LogP contribution is -2.26. The van der Waals surface area contributed by atoms with Crippen molar-refractivity contribution >= 4 is 17.3 Å². The average molecular weight is 357 g/mol. The Labute approximate surface area is 149 Å². The zero-order valence-electron chi connectivity index (χ0n) is 14.1. The molecule has 0 saturated heterocycles. The van der Waals surface area contributed by atoms with Gasteiger partial charge in [-0.15, -0.1) is 0 Å². The highest BCUT2D eigenvalue weighted by Gasteiger charge is 2.39. The molecule has 7 nitrogen and oxygen atoms in total. The van der Waals surface area contributed by atoms with Gasteiger partial charge in [0.15, 0.2) is 11.6 Å². The molecule has 2 N–H and O–H groups in total. The Morgan fingerprint density at radius 3 is 1.85 bits per heavy atom. The van der Waals surface area contributed by atoms with E-state index in [1.165, 1.54) is 18.2 Å². The summed E-state index contributed by atoms with van der Waals surface area (Å²) < 4.78 is 0. The number of aliphatic hydroxyl groups is 2. The van der Waals surface area contributed by atoms with Crippen molar-refractivity contribution in [1.29, 1.82) is 0 Å². The van der Waals surface area contributed by atoms with Crippen LogP contribution in [0, 0.1) is 10.1 Å². The highest BCUT2D eigenvalue weighted by molar-refractivity contribution is 6.05. The third-order valence-electron chi connectivity index (χ3n) is 4.88. The van der Waals surface area contributed by atoms with Crippen molar-refractivity contribution in [3.63, 3.8) is 0 Å². The highest BCUT2D eigenvalue weighted by Crippen LogP contribution is 2.44. The highest BCUT2D eigenvalue weighted by atomic mass is 16.6. The summed E-state index contributed by atoms with van der Waals surface area (Å²) in [7, 11) is 0. The second kappa shape index (κ2) is 7.11. The molecule has 0 fully saturated rings. The van der Waals surface area contributed by atoms with Gasteiger partial charge in [-0.3, -0.25) is 19.7 Å². The first-order valence-corrected chi connectivity index (χ1v) is 8.55. The van der Waals surface area contributed by atoms with Crippen LogP contribution < -0.4 is 0 Å². The van der Waals surface area contributed by atoms with Gasteiger partial charge in [-0.2, -0.15) is 0 Å². The number of benzene rings is 1. The van der Waals surface area contributed by atoms with Crippen molar-refractivity contribution in [1.82, 2.24) is 0 Å². The third-order valence-corrected chi connectivity index (χ3v) is 4.88. The molecule has 0 amide bonds. The molecule has 0 bridgehead atoms. The first-order valence-electron chi connectivity index (χ1n) is 8.55. The van der Waals surface area contributed by atoms with Gasteiger partial charge in [0.1, 0.15) is 0 Å². The number of nitro groups is 1. The maximum absolute atomic E-state index is 12.6. The number of Topliss-reactive ketones (excluding diaryl/α,β-unsaturated/α-hetero) is 2. The Balaban J connectivity index is 2.30. The molecule has 0 radical (unpaired) electrons. The van der Waals surface area contributed by atoms with Crippen LogP contribution in [0.15, 0.2) is 46.9 Å². The fourth-order valence-electron chi connectivity index (χ4n) is 3.70. The Morgan fingerprint density at radius 1 is 0.885 bits per heavy atom. The number of nitrogens with zero attached hydrogens (tertiary/aromatic N) is 1. The first-order chi connectivity index (χ1) is 12.4. The van der Waals surface area contributed by atoms with E-state index in [-0.39, 0.29) is 71.2 Å². The van der Waals surface area contributed by atoms with Crippen LogP contribution in [0.3, 0.4) is 0 Å². The van der Waals surface area contributed by atoms with Gasteiger partial charge >= 0.3 is 0 Å². The van der Waals surface area contributed by atoms with Gasteiger partial charge < -0.3 is 10.2 Å². The summed E-state index contributed by atoms with van der Waals surface area (Å²) in [4.78, 5) is 36.0. The van der Waals surface area contributed by atoms with Crippen LogP contribution in [0.1, 0.15) is 50.0 Å². The lowest BCUT2D eigenvalue weighted by molar-refractivity contribution is -0.385. The van der Waals surface area contributed by atoms with Crippen molar-refractivity contribution in [2.75, 3.05) is 0 Å². The third kappa shape index (κ3) is 3.12. The number of hydrogen-bond donors (Lipinski definition) is 2. The normalized spacial score (nSPS) is 18.7. The van der Waals surface area contributed by atoms with E-state index in [1.807, 2.05) is 0 Å². The Hall–Kier alpha value is -2.96. The van der Waals surface area contributed by atoms with Crippen LogP contribution in [0.4, 0.5) is 5.69 Å². The lowest BCUT2D eigenvalue weighted by Gasteiger charge is -2.28. The van der Waals surface area contributed by atoms with Crippen LogP contribution >= 0.6 is 0 Å². The predicted octanol–water partition coefficient (Wildman–Crippen LogP) is 3.81. The molecule has 0 spiro atoms. The number of carbonyl (C=O) groups excluding carboxylic acids is 2. The van der Waals surface area contributed by atoms with E-state index in [0.717, 1.165) is 0 Å². The maximum Gasteiger partial charge on any atom is 0.273 e. The van der Waals surface area contributed by atoms with Gasteiger partial charge in [-0.1, -0.05) is 18.2 Å². The molecule has 26 heavy (non-hydrogen) atoms. The number of aliphatic hydroxyl groups excluding tert-OH is 2. The molecule has 0 aromatic heterocycles. The summed E-state index contributed by atoms with van der Waals surface area (Å²) in [6, 6.07) is 5.82. The monoisotopic (exact) mass is 357 g/mol. The van der Waals surface area contributed by atoms with Crippen LogP contribution in [-0.4, -0.2) is 26.7 Å². The molecule has 2 aliphatic rings. The molecule has 0 saturated carbocycles. The Bertz CT molecular complexity index is 809. The summed E-state index contributed by atoms with van der Waals surface area (Å²) in [5, 5.41) is 32.3. The standard InChI is InChI=1S/C19H19NO6/c21-13-7-3-8-14(22)18(13)17(19-15(23)9-4-10-16(19)24)11-5-1-2-6-12(11)20(25)26/h1-2,5-6,17,21,23H,3-4,7-10H2. The van der Waals surface area contributed by atoms with Crippen molar-refractivity contribution in [2.24, 2.45) is 0 Å². The van der Waals surface area contributed by atoms with Crippen molar-refractivity contribution < 1.29 is 24.7 Å². The summed E-state index contributed by atoms with van der Waals surface area (Å²) in [6.07, 6.45) is 1.88. The molecule has 0 atom stereocenters. The number of hydrogen-bond acceptors (Lipinski definition) is 6. The number of allylic oxidation sites excluding steroid dienone is 4. The minimum Gasteiger partial charge on any atom is -0.512 e. The zero-order valence-corrected chi connectivity index (χ0v) is 14.1. The fraction of sp³-hybridized carbons (Fsp3) is 0.368. The topological polar surface area (TPSA) is 118 Å². The number of rotatable bonds is 4. The van der Waals surface area contributed by atoms with E-state index in [2.05, 4.69) is 0 Å². The maximum atomic E-state index is 12.6. The van der Waals surface area contributed by atoms with E-state index >= 15 is 0 Å². The van der Waals surface area contributed by atoms with Gasteiger partial charge in [0.2, 0.25) is 0 Å². The average Bonchev–Trinajstić information content (AvgIpc) is 2.60. The minimum absolute atomic E-state index is 0.0117. The zero-order chi connectivity index (χ0) is 18.8. The molecule has 1 aromatic rings. The number of nitro benzene ring substituents is 1. The van der Waals surface area contributed by atoms with Crippen molar-refractivity contribution in [3.8, 4) is 0 Å². The molecule has 0 unspecified atom stereocenters. The fourth-order valence-corrected chi connectivity index (χ4v) is 3.70. The SMILES string of the molecule is O=C1CCCC(O)=C1C(C1=C(O)CCCC1=O)c1ccccc1[N+](=O)[O-]. The largest absolute Gasteiger partial charge is 0.512 e. The number of carbonyl (C=O) groups is 2.